The Morgan fingerprint density at radius 1 is 1.28 bits per heavy atom. The molecule has 1 heterocycles. The smallest absolute Gasteiger partial charge is 0.433 e. The molecule has 1 aliphatic carbocycles. The lowest BCUT2D eigenvalue weighted by Gasteiger charge is -2.16. The number of rotatable bonds is 5. The average molecular weight is 432 g/mol. The lowest BCUT2D eigenvalue weighted by atomic mass is 10.1. The van der Waals surface area contributed by atoms with Crippen molar-refractivity contribution in [3.05, 3.63) is 53.2 Å². The fourth-order valence-corrected chi connectivity index (χ4v) is 3.06. The van der Waals surface area contributed by atoms with Crippen LogP contribution in [-0.4, -0.2) is 28.1 Å². The Morgan fingerprint density at radius 3 is 2.66 bits per heavy atom. The molecule has 6 nitrogen and oxygen atoms in total. The number of hydrogen-bond acceptors (Lipinski definition) is 5. The summed E-state index contributed by atoms with van der Waals surface area (Å²) in [6, 6.07) is 7.88. The average Bonchev–Trinajstić information content (AvgIpc) is 3.05. The first kappa shape index (κ1) is 22.9. The fraction of sp³-hybridized carbons (Fsp3) is 0.368. The van der Waals surface area contributed by atoms with E-state index in [1.807, 2.05) is 0 Å². The third kappa shape index (κ3) is 5.81. The van der Waals surface area contributed by atoms with Gasteiger partial charge in [-0.1, -0.05) is 6.07 Å². The summed E-state index contributed by atoms with van der Waals surface area (Å²) in [4.78, 5) is 15.9. The first-order chi connectivity index (χ1) is 13.3. The van der Waals surface area contributed by atoms with Crippen molar-refractivity contribution < 1.29 is 27.8 Å². The van der Waals surface area contributed by atoms with Crippen LogP contribution in [0.25, 0.3) is 0 Å². The van der Waals surface area contributed by atoms with Gasteiger partial charge in [-0.25, -0.2) is 4.98 Å². The monoisotopic (exact) mass is 431 g/mol. The van der Waals surface area contributed by atoms with Crippen LogP contribution in [0.3, 0.4) is 0 Å². The van der Waals surface area contributed by atoms with Gasteiger partial charge in [0.05, 0.1) is 12.1 Å². The molecule has 10 heteroatoms. The number of carbonyl (C=O) groups excluding carboxylic acids is 1. The number of aliphatic hydroxyl groups is 1. The van der Waals surface area contributed by atoms with Crippen molar-refractivity contribution in [2.24, 2.45) is 5.73 Å². The minimum Gasteiger partial charge on any atom is -0.439 e. The molecule has 3 rings (SSSR count). The maximum absolute atomic E-state index is 13.0. The highest BCUT2D eigenvalue weighted by Crippen LogP contribution is 2.31. The van der Waals surface area contributed by atoms with Crippen molar-refractivity contribution in [3.8, 4) is 11.6 Å². The van der Waals surface area contributed by atoms with E-state index in [0.717, 1.165) is 12.5 Å². The molecule has 4 N–H and O–H groups in total. The highest BCUT2D eigenvalue weighted by Gasteiger charge is 2.33. The van der Waals surface area contributed by atoms with E-state index in [1.165, 1.54) is 18.2 Å². The number of nitrogens with two attached hydrogens (primary N) is 1. The summed E-state index contributed by atoms with van der Waals surface area (Å²) in [5.74, 6) is -0.496. The second kappa shape index (κ2) is 9.43. The summed E-state index contributed by atoms with van der Waals surface area (Å²) in [7, 11) is 0. The van der Waals surface area contributed by atoms with Crippen molar-refractivity contribution in [2.45, 2.75) is 44.1 Å². The van der Waals surface area contributed by atoms with Crippen LogP contribution in [-0.2, 0) is 12.7 Å². The van der Waals surface area contributed by atoms with E-state index >= 15 is 0 Å². The summed E-state index contributed by atoms with van der Waals surface area (Å²) < 4.78 is 44.4. The first-order valence-corrected chi connectivity index (χ1v) is 8.81. The summed E-state index contributed by atoms with van der Waals surface area (Å²) in [5, 5.41) is 12.6. The van der Waals surface area contributed by atoms with Gasteiger partial charge in [0.25, 0.3) is 5.91 Å². The molecule has 0 bridgehead atoms. The molecule has 1 saturated carbocycles. The fourth-order valence-electron chi connectivity index (χ4n) is 3.06. The van der Waals surface area contributed by atoms with E-state index < -0.39 is 23.9 Å². The molecule has 0 aliphatic heterocycles. The van der Waals surface area contributed by atoms with Gasteiger partial charge in [0.2, 0.25) is 5.88 Å². The Bertz CT molecular complexity index is 864. The Hall–Kier alpha value is -2.36. The van der Waals surface area contributed by atoms with Crippen molar-refractivity contribution >= 4 is 18.3 Å². The van der Waals surface area contributed by atoms with E-state index in [2.05, 4.69) is 10.3 Å². The van der Waals surface area contributed by atoms with Crippen LogP contribution in [0.15, 0.2) is 36.4 Å². The normalized spacial score (nSPS) is 18.8. The number of alkyl halides is 3. The number of nitrogens with one attached hydrogen (secondary N) is 1. The largest absolute Gasteiger partial charge is 0.439 e. The highest BCUT2D eigenvalue weighted by molar-refractivity contribution is 5.94. The predicted molar refractivity (Wildman–Crippen MR) is 102 cm³/mol. The van der Waals surface area contributed by atoms with Crippen LogP contribution in [0.4, 0.5) is 13.2 Å². The first-order valence-electron chi connectivity index (χ1n) is 8.81. The van der Waals surface area contributed by atoms with Gasteiger partial charge in [-0.2, -0.15) is 13.2 Å². The molecule has 1 aromatic carbocycles. The molecule has 0 spiro atoms. The summed E-state index contributed by atoms with van der Waals surface area (Å²) in [6.45, 7) is -0.103. The Balaban J connectivity index is 0.00000300. The number of benzene rings is 1. The molecular formula is C19H21ClF3N3O3. The number of amides is 1. The van der Waals surface area contributed by atoms with Gasteiger partial charge in [-0.05, 0) is 49.1 Å². The zero-order chi connectivity index (χ0) is 20.3. The van der Waals surface area contributed by atoms with Crippen LogP contribution in [0.5, 0.6) is 11.6 Å². The number of halogens is 4. The summed E-state index contributed by atoms with van der Waals surface area (Å²) >= 11 is 0. The maximum Gasteiger partial charge on any atom is 0.433 e. The SMILES string of the molecule is Cl.NCc1cc(Oc2cccc(C(=O)N[C@@H]3CCC[C@@H]3O)c2)nc(C(F)(F)F)c1. The number of aliphatic hydroxyl groups excluding tert-OH is 1. The van der Waals surface area contributed by atoms with Crippen LogP contribution >= 0.6 is 12.4 Å². The second-order valence-electron chi connectivity index (χ2n) is 6.61. The molecule has 1 aromatic heterocycles. The van der Waals surface area contributed by atoms with E-state index in [4.69, 9.17) is 10.5 Å². The molecule has 158 valence electrons. The molecule has 2 aromatic rings. The highest BCUT2D eigenvalue weighted by atomic mass is 35.5. The second-order valence-corrected chi connectivity index (χ2v) is 6.61. The van der Waals surface area contributed by atoms with Crippen molar-refractivity contribution in [3.63, 3.8) is 0 Å². The molecule has 0 saturated heterocycles. The van der Waals surface area contributed by atoms with Gasteiger partial charge in [-0.15, -0.1) is 12.4 Å². The van der Waals surface area contributed by atoms with Gasteiger partial charge in [-0.3, -0.25) is 4.79 Å². The third-order valence-electron chi connectivity index (χ3n) is 4.50. The molecule has 1 fully saturated rings. The third-order valence-corrected chi connectivity index (χ3v) is 4.50. The van der Waals surface area contributed by atoms with Crippen molar-refractivity contribution in [1.82, 2.24) is 10.3 Å². The minimum absolute atomic E-state index is 0. The molecule has 0 unspecified atom stereocenters. The molecule has 2 atom stereocenters. The van der Waals surface area contributed by atoms with Crippen molar-refractivity contribution in [2.75, 3.05) is 0 Å². The Kier molecular flexibility index (Phi) is 7.45. The van der Waals surface area contributed by atoms with E-state index in [-0.39, 0.29) is 47.8 Å². The number of pyridine rings is 1. The molecule has 29 heavy (non-hydrogen) atoms. The van der Waals surface area contributed by atoms with E-state index in [1.54, 1.807) is 12.1 Å². The van der Waals surface area contributed by atoms with Gasteiger partial charge >= 0.3 is 6.18 Å². The van der Waals surface area contributed by atoms with Gasteiger partial charge in [0.1, 0.15) is 11.4 Å². The number of nitrogens with zero attached hydrogens (tertiary/aromatic N) is 1. The van der Waals surface area contributed by atoms with Crippen molar-refractivity contribution in [1.29, 1.82) is 0 Å². The topological polar surface area (TPSA) is 97.5 Å². The summed E-state index contributed by atoms with van der Waals surface area (Å²) in [5.41, 5.74) is 4.84. The van der Waals surface area contributed by atoms with E-state index in [0.29, 0.717) is 12.8 Å². The zero-order valence-electron chi connectivity index (χ0n) is 15.3. The number of hydrogen-bond donors (Lipinski definition) is 3. The lowest BCUT2D eigenvalue weighted by molar-refractivity contribution is -0.141. The molecule has 0 radical (unpaired) electrons. The van der Waals surface area contributed by atoms with Crippen LogP contribution in [0.2, 0.25) is 0 Å². The summed E-state index contributed by atoms with van der Waals surface area (Å²) in [6.07, 6.45) is -3.04. The maximum atomic E-state index is 13.0. The molecular weight excluding hydrogens is 411 g/mol. The number of carbonyl (C=O) groups is 1. The molecule has 1 amide bonds. The van der Waals surface area contributed by atoms with Crippen LogP contribution in [0, 0.1) is 0 Å². The van der Waals surface area contributed by atoms with Gasteiger partial charge < -0.3 is 20.9 Å². The van der Waals surface area contributed by atoms with Gasteiger partial charge in [0.15, 0.2) is 0 Å². The standard InChI is InChI=1S/C19H20F3N3O3.ClH/c20-19(21,22)16-7-11(10-23)8-17(25-16)28-13-4-1-3-12(9-13)18(27)24-14-5-2-6-15(14)26;/h1,3-4,7-9,14-15,26H,2,5-6,10,23H2,(H,24,27);1H/t14-,15+;/m1./s1. The Labute approximate surface area is 171 Å². The van der Waals surface area contributed by atoms with E-state index in [9.17, 15) is 23.1 Å². The lowest BCUT2D eigenvalue weighted by Crippen LogP contribution is -2.39. The molecule has 1 aliphatic rings. The quantitative estimate of drug-likeness (QED) is 0.674. The minimum atomic E-state index is -4.63. The van der Waals surface area contributed by atoms with Crippen LogP contribution < -0.4 is 15.8 Å². The van der Waals surface area contributed by atoms with Gasteiger partial charge in [0, 0.05) is 18.2 Å². The predicted octanol–water partition coefficient (Wildman–Crippen LogP) is 3.42. The van der Waals surface area contributed by atoms with Crippen LogP contribution in [0.1, 0.15) is 40.9 Å². The zero-order valence-corrected chi connectivity index (χ0v) is 16.1. The Morgan fingerprint density at radius 2 is 2.03 bits per heavy atom. The number of aromatic nitrogens is 1. The number of ether oxygens (including phenoxy) is 1.